The van der Waals surface area contributed by atoms with Crippen molar-refractivity contribution in [1.82, 2.24) is 4.90 Å². The van der Waals surface area contributed by atoms with E-state index in [1.54, 1.807) is 24.4 Å². The van der Waals surface area contributed by atoms with Crippen LogP contribution in [0.4, 0.5) is 9.39 Å². The first-order chi connectivity index (χ1) is 19.5. The Kier molecular flexibility index (Phi) is 7.59. The molecule has 3 aromatic rings. The van der Waals surface area contributed by atoms with Gasteiger partial charge >= 0.3 is 5.97 Å². The van der Waals surface area contributed by atoms with Gasteiger partial charge in [-0.25, -0.2) is 9.18 Å². The van der Waals surface area contributed by atoms with E-state index < -0.39 is 34.6 Å². The predicted octanol–water partition coefficient (Wildman–Crippen LogP) is 6.09. The number of imide groups is 1. The maximum Gasteiger partial charge on any atom is 0.341 e. The summed E-state index contributed by atoms with van der Waals surface area (Å²) in [7, 11) is 0. The van der Waals surface area contributed by atoms with Gasteiger partial charge in [0.15, 0.2) is 0 Å². The van der Waals surface area contributed by atoms with Crippen LogP contribution in [0.1, 0.15) is 56.5 Å². The monoisotopic (exact) mass is 576 g/mol. The number of esters is 1. The molecule has 0 radical (unpaired) electrons. The van der Waals surface area contributed by atoms with Crippen molar-refractivity contribution in [2.24, 2.45) is 16.7 Å². The molecule has 1 N–H and O–H groups in total. The van der Waals surface area contributed by atoms with Crippen LogP contribution >= 0.6 is 11.3 Å². The number of amides is 3. The zero-order chi connectivity index (χ0) is 29.5. The van der Waals surface area contributed by atoms with Crippen LogP contribution in [-0.2, 0) is 25.5 Å². The Balaban J connectivity index is 1.54. The fraction of sp³-hybridized carbons (Fsp3) is 0.375. The molecule has 1 aromatic heterocycles. The summed E-state index contributed by atoms with van der Waals surface area (Å²) in [5.74, 6) is -2.69. The summed E-state index contributed by atoms with van der Waals surface area (Å²) >= 11 is 1.13. The SMILES string of the molecule is CCOC(=O)c1c(-c2ccc(F)cc2)csc1NC(=O)C(Cc1ccccc1)N1C(=O)C2CCC(C)(C1=O)C2(C)C. The smallest absolute Gasteiger partial charge is 0.341 e. The van der Waals surface area contributed by atoms with Gasteiger partial charge in [-0.05, 0) is 48.4 Å². The average molecular weight is 577 g/mol. The number of ether oxygens (including phenoxy) is 1. The standard InChI is InChI=1S/C32H33FN2O5S/c1-5-40-29(38)25-22(20-11-13-21(33)14-12-20)18-41-27(25)34-26(36)24(17-19-9-7-6-8-10-19)35-28(37)23-15-16-32(4,30(35)39)31(23,2)3/h6-14,18,23-24H,5,15-17H2,1-4H3,(H,34,36). The fourth-order valence-corrected chi connectivity index (χ4v) is 7.14. The highest BCUT2D eigenvalue weighted by Gasteiger charge is 2.65. The van der Waals surface area contributed by atoms with Crippen molar-refractivity contribution >= 4 is 40.0 Å². The number of halogens is 1. The number of hydrogen-bond donors (Lipinski definition) is 1. The molecule has 3 unspecified atom stereocenters. The van der Waals surface area contributed by atoms with Crippen molar-refractivity contribution in [3.8, 4) is 11.1 Å². The van der Waals surface area contributed by atoms with Crippen LogP contribution in [0.2, 0.25) is 0 Å². The molecule has 1 aliphatic heterocycles. The van der Waals surface area contributed by atoms with Gasteiger partial charge < -0.3 is 10.1 Å². The second-order valence-corrected chi connectivity index (χ2v) is 12.3. The fourth-order valence-electron chi connectivity index (χ4n) is 6.18. The summed E-state index contributed by atoms with van der Waals surface area (Å²) in [5, 5.41) is 4.78. The minimum atomic E-state index is -1.13. The minimum Gasteiger partial charge on any atom is -0.462 e. The zero-order valence-electron chi connectivity index (χ0n) is 23.5. The van der Waals surface area contributed by atoms with Gasteiger partial charge in [-0.3, -0.25) is 19.3 Å². The highest BCUT2D eigenvalue weighted by atomic mass is 32.1. The van der Waals surface area contributed by atoms with Gasteiger partial charge in [0.2, 0.25) is 17.7 Å². The molecule has 41 heavy (non-hydrogen) atoms. The molecule has 2 aliphatic rings. The number of fused-ring (bicyclic) bond motifs is 2. The number of piperidine rings is 1. The van der Waals surface area contributed by atoms with Gasteiger partial charge in [0.25, 0.3) is 0 Å². The average Bonchev–Trinajstić information content (AvgIpc) is 3.43. The van der Waals surface area contributed by atoms with Gasteiger partial charge in [-0.15, -0.1) is 11.3 Å². The minimum absolute atomic E-state index is 0.119. The summed E-state index contributed by atoms with van der Waals surface area (Å²) in [4.78, 5) is 56.2. The molecule has 1 saturated heterocycles. The highest BCUT2D eigenvalue weighted by molar-refractivity contribution is 7.15. The Bertz CT molecular complexity index is 1500. The summed E-state index contributed by atoms with van der Waals surface area (Å²) in [6.07, 6.45) is 1.28. The molecule has 1 saturated carbocycles. The normalized spacial score (nSPS) is 22.0. The van der Waals surface area contributed by atoms with E-state index in [1.165, 1.54) is 17.0 Å². The van der Waals surface area contributed by atoms with Crippen LogP contribution in [0.15, 0.2) is 60.0 Å². The van der Waals surface area contributed by atoms with E-state index in [0.29, 0.717) is 24.0 Å². The number of rotatable bonds is 8. The van der Waals surface area contributed by atoms with E-state index in [1.807, 2.05) is 51.1 Å². The third kappa shape index (κ3) is 4.86. The second-order valence-electron chi connectivity index (χ2n) is 11.4. The molecule has 2 heterocycles. The third-order valence-corrected chi connectivity index (χ3v) is 9.90. The quantitative estimate of drug-likeness (QED) is 0.259. The van der Waals surface area contributed by atoms with Crippen LogP contribution < -0.4 is 5.32 Å². The molecular formula is C32H33FN2O5S. The third-order valence-electron chi connectivity index (χ3n) is 9.00. The number of carbonyl (C=O) groups is 4. The molecule has 2 fully saturated rings. The second kappa shape index (κ2) is 10.9. The van der Waals surface area contributed by atoms with E-state index in [4.69, 9.17) is 4.74 Å². The van der Waals surface area contributed by atoms with Crippen molar-refractivity contribution in [3.05, 3.63) is 76.9 Å². The van der Waals surface area contributed by atoms with E-state index in [9.17, 15) is 23.6 Å². The lowest BCUT2D eigenvalue weighted by Crippen LogP contribution is -2.64. The lowest BCUT2D eigenvalue weighted by Gasteiger charge is -2.49. The van der Waals surface area contributed by atoms with Gasteiger partial charge in [-0.2, -0.15) is 0 Å². The molecule has 0 spiro atoms. The molecular weight excluding hydrogens is 543 g/mol. The van der Waals surface area contributed by atoms with Crippen LogP contribution in [0.3, 0.4) is 0 Å². The Hall–Kier alpha value is -3.85. The number of likely N-dealkylation sites (tertiary alicyclic amines) is 1. The molecule has 3 atom stereocenters. The molecule has 3 amide bonds. The molecule has 2 bridgehead atoms. The van der Waals surface area contributed by atoms with Crippen LogP contribution in [0.25, 0.3) is 11.1 Å². The van der Waals surface area contributed by atoms with E-state index in [-0.39, 0.29) is 41.3 Å². The number of benzene rings is 2. The summed E-state index contributed by atoms with van der Waals surface area (Å²) < 4.78 is 18.9. The van der Waals surface area contributed by atoms with Crippen molar-refractivity contribution in [2.45, 2.75) is 53.0 Å². The summed E-state index contributed by atoms with van der Waals surface area (Å²) in [5.41, 5.74) is 0.690. The van der Waals surface area contributed by atoms with Crippen molar-refractivity contribution in [3.63, 3.8) is 0 Å². The maximum absolute atomic E-state index is 14.1. The molecule has 7 nitrogen and oxygen atoms in total. The molecule has 5 rings (SSSR count). The summed E-state index contributed by atoms with van der Waals surface area (Å²) in [6, 6.07) is 13.8. The lowest BCUT2D eigenvalue weighted by atomic mass is 9.62. The van der Waals surface area contributed by atoms with Gasteiger partial charge in [-0.1, -0.05) is 63.2 Å². The zero-order valence-corrected chi connectivity index (χ0v) is 24.3. The number of carbonyl (C=O) groups excluding carboxylic acids is 4. The molecule has 1 aliphatic carbocycles. The van der Waals surface area contributed by atoms with Gasteiger partial charge in [0.05, 0.1) is 12.0 Å². The lowest BCUT2D eigenvalue weighted by molar-refractivity contribution is -0.172. The van der Waals surface area contributed by atoms with E-state index in [2.05, 4.69) is 5.32 Å². The van der Waals surface area contributed by atoms with Gasteiger partial charge in [0, 0.05) is 23.3 Å². The number of hydrogen-bond acceptors (Lipinski definition) is 6. The van der Waals surface area contributed by atoms with Crippen molar-refractivity contribution in [1.29, 1.82) is 0 Å². The first kappa shape index (κ1) is 28.7. The number of nitrogens with zero attached hydrogens (tertiary/aromatic N) is 1. The first-order valence-corrected chi connectivity index (χ1v) is 14.6. The maximum atomic E-state index is 14.1. The Morgan fingerprint density at radius 3 is 2.44 bits per heavy atom. The van der Waals surface area contributed by atoms with Crippen LogP contribution in [0, 0.1) is 22.6 Å². The van der Waals surface area contributed by atoms with Gasteiger partial charge in [0.1, 0.15) is 22.4 Å². The topological polar surface area (TPSA) is 92.8 Å². The number of anilines is 1. The van der Waals surface area contributed by atoms with Crippen LogP contribution in [0.5, 0.6) is 0 Å². The molecule has 2 aromatic carbocycles. The van der Waals surface area contributed by atoms with Crippen LogP contribution in [-0.4, -0.2) is 41.2 Å². The van der Waals surface area contributed by atoms with Crippen molar-refractivity contribution in [2.75, 3.05) is 11.9 Å². The highest BCUT2D eigenvalue weighted by Crippen LogP contribution is 2.60. The Labute approximate surface area is 242 Å². The number of thiophene rings is 1. The molecule has 9 heteroatoms. The Morgan fingerprint density at radius 1 is 1.10 bits per heavy atom. The summed E-state index contributed by atoms with van der Waals surface area (Å²) in [6.45, 7) is 7.60. The molecule has 214 valence electrons. The van der Waals surface area contributed by atoms with E-state index in [0.717, 1.165) is 16.9 Å². The first-order valence-electron chi connectivity index (χ1n) is 13.8. The van der Waals surface area contributed by atoms with Crippen molar-refractivity contribution < 1.29 is 28.3 Å². The number of nitrogens with one attached hydrogen (secondary N) is 1. The largest absolute Gasteiger partial charge is 0.462 e. The van der Waals surface area contributed by atoms with E-state index >= 15 is 0 Å². The predicted molar refractivity (Wildman–Crippen MR) is 155 cm³/mol. The Morgan fingerprint density at radius 2 is 1.78 bits per heavy atom.